The fraction of sp³-hybridized carbons (Fsp3) is 0. The molecular weight excluding hydrogens is 697 g/mol. The van der Waals surface area contributed by atoms with E-state index in [1.165, 1.54) is 0 Å². The van der Waals surface area contributed by atoms with Crippen LogP contribution in [0.1, 0.15) is 0 Å². The number of fused-ring (bicyclic) bond motifs is 3. The van der Waals surface area contributed by atoms with Crippen LogP contribution in [0.15, 0.2) is 199 Å². The third-order valence-corrected chi connectivity index (χ3v) is 10.4. The van der Waals surface area contributed by atoms with Crippen LogP contribution in [0.3, 0.4) is 0 Å². The van der Waals surface area contributed by atoms with Gasteiger partial charge in [0.1, 0.15) is 11.2 Å². The van der Waals surface area contributed by atoms with Crippen molar-refractivity contribution in [1.29, 1.82) is 0 Å². The zero-order chi connectivity index (χ0) is 38.1. The first-order valence-corrected chi connectivity index (χ1v) is 18.8. The molecule has 2 aromatic heterocycles. The molecule has 0 aliphatic heterocycles. The number of hydrogen-bond donors (Lipinski definition) is 0. The maximum atomic E-state index is 7.53. The second-order valence-corrected chi connectivity index (χ2v) is 13.9. The van der Waals surface area contributed by atoms with Gasteiger partial charge in [-0.2, -0.15) is 0 Å². The van der Waals surface area contributed by atoms with Gasteiger partial charge in [0.15, 0.2) is 23.2 Å². The monoisotopic (exact) mass is 728 g/mol. The van der Waals surface area contributed by atoms with Crippen molar-refractivity contribution in [3.63, 3.8) is 0 Å². The summed E-state index contributed by atoms with van der Waals surface area (Å²) < 4.78 is 7.08. The Morgan fingerprint density at radius 2 is 0.842 bits per heavy atom. The molecule has 266 valence electrons. The smallest absolute Gasteiger partial charge is 0.187 e. The standard InChI is InChI=1S/C52H32N4O/c1-53-42-27-25-36(26-28-42)44-30-29-43(47-46-33-41(34-15-6-2-7-16-34)32-45(48(46)57-49(44)47)35-17-8-3-9-18-35)39-23-14-24-40(31-39)52-55-50(37-19-10-4-11-20-37)54-51(56-52)38-21-12-5-13-22-38/h2-33H. The molecule has 0 saturated carbocycles. The molecule has 0 aliphatic carbocycles. The lowest BCUT2D eigenvalue weighted by atomic mass is 9.91. The van der Waals surface area contributed by atoms with Crippen LogP contribution in [0.5, 0.6) is 0 Å². The quantitative estimate of drug-likeness (QED) is 0.153. The molecule has 10 rings (SSSR count). The fourth-order valence-corrected chi connectivity index (χ4v) is 7.56. The molecule has 0 aliphatic rings. The molecule has 0 N–H and O–H groups in total. The number of benzene rings is 8. The van der Waals surface area contributed by atoms with Crippen LogP contribution in [0.2, 0.25) is 0 Å². The molecule has 0 fully saturated rings. The van der Waals surface area contributed by atoms with Crippen molar-refractivity contribution in [1.82, 2.24) is 15.0 Å². The summed E-state index contributed by atoms with van der Waals surface area (Å²) in [6.45, 7) is 7.53. The van der Waals surface area contributed by atoms with Gasteiger partial charge < -0.3 is 4.42 Å². The zero-order valence-electron chi connectivity index (χ0n) is 30.7. The number of rotatable bonds is 7. The Kier molecular flexibility index (Phi) is 8.48. The van der Waals surface area contributed by atoms with Crippen molar-refractivity contribution < 1.29 is 4.42 Å². The SMILES string of the molecule is [C-]#[N+]c1ccc(-c2ccc(-c3cccc(-c4nc(-c5ccccc5)nc(-c5ccccc5)n4)c3)c3c2oc2c(-c4ccccc4)cc(-c4ccccc4)cc23)cc1. The number of furan rings is 1. The van der Waals surface area contributed by atoms with Gasteiger partial charge in [0.2, 0.25) is 0 Å². The molecule has 8 aromatic carbocycles. The van der Waals surface area contributed by atoms with Crippen LogP contribution in [0, 0.1) is 6.57 Å². The minimum atomic E-state index is 0.590. The van der Waals surface area contributed by atoms with E-state index in [1.54, 1.807) is 0 Å². The van der Waals surface area contributed by atoms with Crippen LogP contribution in [-0.2, 0) is 0 Å². The molecule has 0 spiro atoms. The van der Waals surface area contributed by atoms with E-state index < -0.39 is 0 Å². The van der Waals surface area contributed by atoms with Crippen LogP contribution in [0.25, 0.3) is 105 Å². The van der Waals surface area contributed by atoms with Gasteiger partial charge in [-0.25, -0.2) is 19.8 Å². The predicted octanol–water partition coefficient (Wildman–Crippen LogP) is 14.0. The van der Waals surface area contributed by atoms with Crippen molar-refractivity contribution >= 4 is 27.6 Å². The highest BCUT2D eigenvalue weighted by Gasteiger charge is 2.22. The van der Waals surface area contributed by atoms with Gasteiger partial charge in [-0.1, -0.05) is 170 Å². The maximum absolute atomic E-state index is 7.53. The third-order valence-electron chi connectivity index (χ3n) is 10.4. The van der Waals surface area contributed by atoms with E-state index in [0.717, 1.165) is 83.1 Å². The zero-order valence-corrected chi connectivity index (χ0v) is 30.7. The van der Waals surface area contributed by atoms with Crippen molar-refractivity contribution in [2.75, 3.05) is 0 Å². The summed E-state index contributed by atoms with van der Waals surface area (Å²) in [6, 6.07) is 65.9. The van der Waals surface area contributed by atoms with Crippen LogP contribution >= 0.6 is 0 Å². The minimum absolute atomic E-state index is 0.590. The normalized spacial score (nSPS) is 11.1. The van der Waals surface area contributed by atoms with E-state index >= 15 is 0 Å². The summed E-state index contributed by atoms with van der Waals surface area (Å²) in [5, 5.41) is 2.03. The minimum Gasteiger partial charge on any atom is -0.455 e. The molecule has 5 heteroatoms. The van der Waals surface area contributed by atoms with Crippen molar-refractivity contribution in [3.05, 3.63) is 206 Å². The number of hydrogen-bond acceptors (Lipinski definition) is 4. The molecule has 0 amide bonds. The Hall–Kier alpha value is -7.94. The van der Waals surface area contributed by atoms with E-state index in [4.69, 9.17) is 25.9 Å². The predicted molar refractivity (Wildman–Crippen MR) is 231 cm³/mol. The maximum Gasteiger partial charge on any atom is 0.187 e. The van der Waals surface area contributed by atoms with Crippen LogP contribution < -0.4 is 0 Å². The summed E-state index contributed by atoms with van der Waals surface area (Å²) in [5.74, 6) is 1.82. The van der Waals surface area contributed by atoms with E-state index in [2.05, 4.69) is 102 Å². The van der Waals surface area contributed by atoms with E-state index in [1.807, 2.05) is 97.1 Å². The first kappa shape index (κ1) is 33.6. The summed E-state index contributed by atoms with van der Waals surface area (Å²) in [7, 11) is 0. The fourth-order valence-electron chi connectivity index (χ4n) is 7.56. The summed E-state index contributed by atoms with van der Waals surface area (Å²) >= 11 is 0. The Morgan fingerprint density at radius 1 is 0.351 bits per heavy atom. The van der Waals surface area contributed by atoms with Gasteiger partial charge in [-0.15, -0.1) is 0 Å². The molecule has 5 nitrogen and oxygen atoms in total. The second kappa shape index (κ2) is 14.4. The Morgan fingerprint density at radius 3 is 1.44 bits per heavy atom. The molecule has 0 saturated heterocycles. The van der Waals surface area contributed by atoms with Crippen molar-refractivity contribution in [2.24, 2.45) is 0 Å². The summed E-state index contributed by atoms with van der Waals surface area (Å²) in [5.41, 5.74) is 13.2. The topological polar surface area (TPSA) is 56.2 Å². The van der Waals surface area contributed by atoms with Gasteiger partial charge in [-0.3, -0.25) is 0 Å². The molecule has 10 aromatic rings. The average Bonchev–Trinajstić information content (AvgIpc) is 3.69. The molecular formula is C52H32N4O. The highest BCUT2D eigenvalue weighted by molar-refractivity contribution is 6.19. The first-order valence-electron chi connectivity index (χ1n) is 18.8. The Balaban J connectivity index is 1.23. The Labute approximate surface area is 330 Å². The van der Waals surface area contributed by atoms with E-state index in [-0.39, 0.29) is 0 Å². The molecule has 0 atom stereocenters. The third kappa shape index (κ3) is 6.32. The molecule has 0 radical (unpaired) electrons. The van der Waals surface area contributed by atoms with E-state index in [0.29, 0.717) is 23.2 Å². The van der Waals surface area contributed by atoms with E-state index in [9.17, 15) is 0 Å². The van der Waals surface area contributed by atoms with Crippen LogP contribution in [-0.4, -0.2) is 15.0 Å². The van der Waals surface area contributed by atoms with Crippen molar-refractivity contribution in [2.45, 2.75) is 0 Å². The molecule has 0 unspecified atom stereocenters. The number of aromatic nitrogens is 3. The number of nitrogens with zero attached hydrogens (tertiary/aromatic N) is 4. The van der Waals surface area contributed by atoms with Gasteiger partial charge >= 0.3 is 0 Å². The highest BCUT2D eigenvalue weighted by Crippen LogP contribution is 2.46. The average molecular weight is 729 g/mol. The largest absolute Gasteiger partial charge is 0.455 e. The molecule has 57 heavy (non-hydrogen) atoms. The van der Waals surface area contributed by atoms with Crippen molar-refractivity contribution in [3.8, 4) is 78.7 Å². The van der Waals surface area contributed by atoms with Gasteiger partial charge in [0.25, 0.3) is 0 Å². The van der Waals surface area contributed by atoms with Gasteiger partial charge in [0, 0.05) is 38.6 Å². The van der Waals surface area contributed by atoms with Gasteiger partial charge in [-0.05, 0) is 57.6 Å². The van der Waals surface area contributed by atoms with Gasteiger partial charge in [0.05, 0.1) is 6.57 Å². The molecule has 0 bridgehead atoms. The second-order valence-electron chi connectivity index (χ2n) is 13.9. The lowest BCUT2D eigenvalue weighted by Crippen LogP contribution is -2.00. The summed E-state index contributed by atoms with van der Waals surface area (Å²) in [6.07, 6.45) is 0. The first-order chi connectivity index (χ1) is 28.2. The highest BCUT2D eigenvalue weighted by atomic mass is 16.3. The lowest BCUT2D eigenvalue weighted by molar-refractivity contribution is 0.671. The van der Waals surface area contributed by atoms with Crippen LogP contribution in [0.4, 0.5) is 5.69 Å². The lowest BCUT2D eigenvalue weighted by Gasteiger charge is -2.12. The Bertz CT molecular complexity index is 3040. The molecule has 2 heterocycles. The summed E-state index contributed by atoms with van der Waals surface area (Å²) in [4.78, 5) is 18.6.